The molecule has 1 fully saturated rings. The third kappa shape index (κ3) is 5.02. The van der Waals surface area contributed by atoms with Gasteiger partial charge in [-0.05, 0) is 43.5 Å². The largest absolute Gasteiger partial charge is 0.368 e. The van der Waals surface area contributed by atoms with Gasteiger partial charge in [-0.15, -0.1) is 0 Å². The maximum Gasteiger partial charge on any atom is 0.236 e. The van der Waals surface area contributed by atoms with Crippen molar-refractivity contribution in [2.45, 2.75) is 27.2 Å². The molecule has 0 saturated carbocycles. The van der Waals surface area contributed by atoms with Gasteiger partial charge in [0, 0.05) is 31.9 Å². The van der Waals surface area contributed by atoms with E-state index < -0.39 is 0 Å². The van der Waals surface area contributed by atoms with Crippen LogP contribution in [0.15, 0.2) is 24.3 Å². The summed E-state index contributed by atoms with van der Waals surface area (Å²) in [4.78, 5) is 16.5. The van der Waals surface area contributed by atoms with E-state index in [9.17, 15) is 4.79 Å². The quantitative estimate of drug-likeness (QED) is 0.819. The highest BCUT2D eigenvalue weighted by Gasteiger charge is 2.20. The number of carbonyl (C=O) groups excluding carboxylic acids is 1. The van der Waals surface area contributed by atoms with E-state index in [1.165, 1.54) is 11.3 Å². The van der Waals surface area contributed by atoms with Crippen molar-refractivity contribution in [3.8, 4) is 0 Å². The minimum absolute atomic E-state index is 0.229. The number of hydrogen-bond acceptors (Lipinski definition) is 3. The van der Waals surface area contributed by atoms with Crippen molar-refractivity contribution in [3.05, 3.63) is 29.8 Å². The van der Waals surface area contributed by atoms with Crippen LogP contribution in [0.25, 0.3) is 0 Å². The first-order valence-corrected chi connectivity index (χ1v) is 8.36. The van der Waals surface area contributed by atoms with Gasteiger partial charge in [0.2, 0.25) is 5.91 Å². The fourth-order valence-electron chi connectivity index (χ4n) is 2.74. The number of hydrogen-bond donors (Lipinski definition) is 1. The van der Waals surface area contributed by atoms with Crippen molar-refractivity contribution >= 4 is 11.6 Å². The lowest BCUT2D eigenvalue weighted by atomic mass is 10.1. The number of amides is 1. The fraction of sp³-hybridized carbons (Fsp3) is 0.611. The highest BCUT2D eigenvalue weighted by Crippen LogP contribution is 2.17. The smallest absolute Gasteiger partial charge is 0.236 e. The lowest BCUT2D eigenvalue weighted by molar-refractivity contribution is -0.130. The number of nitrogens with one attached hydrogen (secondary N) is 1. The second-order valence-corrected chi connectivity index (χ2v) is 6.57. The summed E-state index contributed by atoms with van der Waals surface area (Å²) in [6.45, 7) is 11.4. The molecular formula is C18H29N3O. The van der Waals surface area contributed by atoms with Crippen LogP contribution >= 0.6 is 0 Å². The Morgan fingerprint density at radius 2 is 1.95 bits per heavy atom. The molecule has 4 nitrogen and oxygen atoms in total. The summed E-state index contributed by atoms with van der Waals surface area (Å²) in [5.41, 5.74) is 2.55. The lowest BCUT2D eigenvalue weighted by Crippen LogP contribution is -2.51. The molecule has 0 atom stereocenters. The first kappa shape index (κ1) is 16.8. The van der Waals surface area contributed by atoms with Crippen LogP contribution in [0.2, 0.25) is 0 Å². The Balaban J connectivity index is 1.73. The number of carbonyl (C=O) groups is 1. The van der Waals surface area contributed by atoms with Gasteiger partial charge in [0.1, 0.15) is 0 Å². The molecule has 1 amide bonds. The number of rotatable bonds is 6. The van der Waals surface area contributed by atoms with Gasteiger partial charge in [-0.2, -0.15) is 0 Å². The van der Waals surface area contributed by atoms with Gasteiger partial charge in [0.25, 0.3) is 0 Å². The number of aryl methyl sites for hydroxylation is 1. The topological polar surface area (TPSA) is 35.6 Å². The molecule has 0 aromatic heterocycles. The zero-order valence-electron chi connectivity index (χ0n) is 14.1. The van der Waals surface area contributed by atoms with Gasteiger partial charge >= 0.3 is 0 Å². The van der Waals surface area contributed by atoms with Gasteiger partial charge in [-0.25, -0.2) is 0 Å². The Morgan fingerprint density at radius 1 is 1.23 bits per heavy atom. The summed E-state index contributed by atoms with van der Waals surface area (Å²) in [5, 5.41) is 3.26. The van der Waals surface area contributed by atoms with Crippen LogP contribution < -0.4 is 10.2 Å². The molecule has 1 aromatic carbocycles. The van der Waals surface area contributed by atoms with Crippen molar-refractivity contribution < 1.29 is 4.79 Å². The predicted octanol–water partition coefficient (Wildman–Crippen LogP) is 2.28. The van der Waals surface area contributed by atoms with Gasteiger partial charge in [-0.1, -0.05) is 26.0 Å². The molecule has 22 heavy (non-hydrogen) atoms. The SMILES string of the molecule is Cc1cccc(N2CCN(C(=O)CNCCC(C)C)CC2)c1. The average molecular weight is 303 g/mol. The summed E-state index contributed by atoms with van der Waals surface area (Å²) in [5.74, 6) is 0.910. The molecule has 0 bridgehead atoms. The Morgan fingerprint density at radius 3 is 2.59 bits per heavy atom. The van der Waals surface area contributed by atoms with Crippen molar-refractivity contribution in [2.24, 2.45) is 5.92 Å². The monoisotopic (exact) mass is 303 g/mol. The minimum atomic E-state index is 0.229. The third-order valence-corrected chi connectivity index (χ3v) is 4.17. The van der Waals surface area contributed by atoms with Gasteiger partial charge in [-0.3, -0.25) is 4.79 Å². The normalized spacial score (nSPS) is 15.5. The summed E-state index contributed by atoms with van der Waals surface area (Å²) in [6, 6.07) is 8.58. The Bertz CT molecular complexity index is 479. The van der Waals surface area contributed by atoms with Gasteiger partial charge in [0.15, 0.2) is 0 Å². The molecule has 2 rings (SSSR count). The lowest BCUT2D eigenvalue weighted by Gasteiger charge is -2.36. The van der Waals surface area contributed by atoms with Crippen LogP contribution in [0.4, 0.5) is 5.69 Å². The van der Waals surface area contributed by atoms with Gasteiger partial charge < -0.3 is 15.1 Å². The summed E-state index contributed by atoms with van der Waals surface area (Å²) < 4.78 is 0. The number of piperazine rings is 1. The molecule has 1 saturated heterocycles. The zero-order chi connectivity index (χ0) is 15.9. The van der Waals surface area contributed by atoms with Crippen LogP contribution in [0, 0.1) is 12.8 Å². The van der Waals surface area contributed by atoms with Gasteiger partial charge in [0.05, 0.1) is 6.54 Å². The van der Waals surface area contributed by atoms with E-state index in [-0.39, 0.29) is 5.91 Å². The predicted molar refractivity (Wildman–Crippen MR) is 92.3 cm³/mol. The Hall–Kier alpha value is -1.55. The molecule has 0 aliphatic carbocycles. The first-order chi connectivity index (χ1) is 10.6. The van der Waals surface area contributed by atoms with Crippen molar-refractivity contribution in [1.29, 1.82) is 0 Å². The minimum Gasteiger partial charge on any atom is -0.368 e. The van der Waals surface area contributed by atoms with E-state index in [1.807, 2.05) is 4.90 Å². The second kappa shape index (κ2) is 8.18. The molecule has 0 unspecified atom stereocenters. The molecule has 1 aliphatic heterocycles. The van der Waals surface area contributed by atoms with Crippen LogP contribution in [0.3, 0.4) is 0 Å². The van der Waals surface area contributed by atoms with E-state index >= 15 is 0 Å². The van der Waals surface area contributed by atoms with E-state index in [2.05, 4.69) is 55.3 Å². The Kier molecular flexibility index (Phi) is 6.25. The number of nitrogens with zero attached hydrogens (tertiary/aromatic N) is 2. The Labute approximate surface area is 134 Å². The molecule has 1 heterocycles. The van der Waals surface area contributed by atoms with Crippen LogP contribution in [-0.4, -0.2) is 50.1 Å². The average Bonchev–Trinajstić information content (AvgIpc) is 2.51. The van der Waals surface area contributed by atoms with E-state index in [0.717, 1.165) is 39.1 Å². The molecule has 0 radical (unpaired) electrons. The summed E-state index contributed by atoms with van der Waals surface area (Å²) in [6.07, 6.45) is 1.12. The van der Waals surface area contributed by atoms with Crippen molar-refractivity contribution in [1.82, 2.24) is 10.2 Å². The summed E-state index contributed by atoms with van der Waals surface area (Å²) >= 11 is 0. The standard InChI is InChI=1S/C18H29N3O/c1-15(2)7-8-19-14-18(22)21-11-9-20(10-12-21)17-6-4-5-16(3)13-17/h4-6,13,15,19H,7-12,14H2,1-3H3. The van der Waals surface area contributed by atoms with Crippen LogP contribution in [0.1, 0.15) is 25.8 Å². The van der Waals surface area contributed by atoms with E-state index in [0.29, 0.717) is 12.5 Å². The third-order valence-electron chi connectivity index (χ3n) is 4.17. The fourth-order valence-corrected chi connectivity index (χ4v) is 2.74. The highest BCUT2D eigenvalue weighted by molar-refractivity contribution is 5.78. The maximum absolute atomic E-state index is 12.2. The molecular weight excluding hydrogens is 274 g/mol. The molecule has 4 heteroatoms. The molecule has 1 aliphatic rings. The molecule has 1 aromatic rings. The van der Waals surface area contributed by atoms with Crippen LogP contribution in [0.5, 0.6) is 0 Å². The maximum atomic E-state index is 12.2. The van der Waals surface area contributed by atoms with Crippen molar-refractivity contribution in [2.75, 3.05) is 44.2 Å². The zero-order valence-corrected chi connectivity index (χ0v) is 14.1. The molecule has 1 N–H and O–H groups in total. The first-order valence-electron chi connectivity index (χ1n) is 8.36. The van der Waals surface area contributed by atoms with E-state index in [1.54, 1.807) is 0 Å². The summed E-state index contributed by atoms with van der Waals surface area (Å²) in [7, 11) is 0. The van der Waals surface area contributed by atoms with E-state index in [4.69, 9.17) is 0 Å². The highest BCUT2D eigenvalue weighted by atomic mass is 16.2. The molecule has 0 spiro atoms. The molecule has 122 valence electrons. The number of anilines is 1. The number of benzene rings is 1. The second-order valence-electron chi connectivity index (χ2n) is 6.57. The van der Waals surface area contributed by atoms with Crippen molar-refractivity contribution in [3.63, 3.8) is 0 Å². The van der Waals surface area contributed by atoms with Crippen LogP contribution in [-0.2, 0) is 4.79 Å².